The largest absolute Gasteiger partial charge is 0.390 e. The number of aromatic nitrogens is 4. The summed E-state index contributed by atoms with van der Waals surface area (Å²) in [4.78, 5) is 12.8. The van der Waals surface area contributed by atoms with Gasteiger partial charge in [0.15, 0.2) is 0 Å². The topological polar surface area (TPSA) is 145 Å². The fourth-order valence-corrected chi connectivity index (χ4v) is 5.42. The maximum absolute atomic E-state index is 11.2. The van der Waals surface area contributed by atoms with Crippen molar-refractivity contribution in [3.8, 4) is 0 Å². The number of hydrogen-bond donors (Lipinski definition) is 4. The van der Waals surface area contributed by atoms with Crippen LogP contribution in [0.3, 0.4) is 0 Å². The van der Waals surface area contributed by atoms with Crippen molar-refractivity contribution in [1.29, 1.82) is 0 Å². The average Bonchev–Trinajstić information content (AvgIpc) is 3.35. The number of ether oxygens (including phenoxy) is 1. The summed E-state index contributed by atoms with van der Waals surface area (Å²) in [6.45, 7) is 0.312. The minimum atomic E-state index is -0.984. The number of benzene rings is 1. The Morgan fingerprint density at radius 3 is 2.79 bits per heavy atom. The lowest BCUT2D eigenvalue weighted by molar-refractivity contribution is -0.0598. The molecule has 1 aliphatic carbocycles. The Balaban J connectivity index is 1.43. The molecule has 0 spiro atoms. The molecule has 0 amide bonds. The predicted octanol–water partition coefficient (Wildman–Crippen LogP) is 2.73. The molecule has 3 aromatic heterocycles. The van der Waals surface area contributed by atoms with Gasteiger partial charge >= 0.3 is 0 Å². The fraction of sp³-hybridized carbons (Fsp3) is 0.375. The minimum Gasteiger partial charge on any atom is -0.390 e. The first-order chi connectivity index (χ1) is 16.3. The second-order valence-corrected chi connectivity index (χ2v) is 9.51. The number of nitrogens with zero attached hydrogens (tertiary/aromatic N) is 4. The Morgan fingerprint density at radius 1 is 1.18 bits per heavy atom. The monoisotopic (exact) mass is 482 g/mol. The van der Waals surface area contributed by atoms with Gasteiger partial charge in [-0.2, -0.15) is 0 Å². The summed E-state index contributed by atoms with van der Waals surface area (Å²) in [6.07, 6.45) is 3.09. The highest BCUT2D eigenvalue weighted by molar-refractivity contribution is 6.33. The number of methoxy groups -OCH3 is 1. The second-order valence-electron chi connectivity index (χ2n) is 9.10. The lowest BCUT2D eigenvalue weighted by Gasteiger charge is -2.32. The summed E-state index contributed by atoms with van der Waals surface area (Å²) in [5, 5.41) is 24.3. The molecule has 178 valence electrons. The van der Waals surface area contributed by atoms with E-state index in [-0.39, 0.29) is 6.04 Å². The molecular formula is C24H27ClN6O3. The van der Waals surface area contributed by atoms with Crippen molar-refractivity contribution in [2.24, 2.45) is 5.41 Å². The van der Waals surface area contributed by atoms with E-state index in [0.29, 0.717) is 48.2 Å². The number of aliphatic hydroxyl groups excluding tert-OH is 2. The van der Waals surface area contributed by atoms with Crippen LogP contribution in [-0.4, -0.2) is 55.7 Å². The van der Waals surface area contributed by atoms with Gasteiger partial charge in [-0.25, -0.2) is 15.0 Å². The van der Waals surface area contributed by atoms with Crippen LogP contribution in [-0.2, 0) is 11.2 Å². The summed E-state index contributed by atoms with van der Waals surface area (Å²) < 4.78 is 7.42. The van der Waals surface area contributed by atoms with Crippen molar-refractivity contribution >= 4 is 45.2 Å². The van der Waals surface area contributed by atoms with Gasteiger partial charge in [-0.15, -0.1) is 0 Å². The van der Waals surface area contributed by atoms with E-state index in [1.54, 1.807) is 13.2 Å². The molecule has 4 atom stereocenters. The Bertz CT molecular complexity index is 1360. The molecule has 1 saturated carbocycles. The SMILES string of the molecule is COC[C@]1(CCc2ccc3cc(Cl)c(N)nc3c2)C[C@@H](n2ccc3c(N)ncnc32)[C@H](O)[C@@H]1O. The molecule has 1 aliphatic rings. The number of fused-ring (bicyclic) bond motifs is 2. The predicted molar refractivity (Wildman–Crippen MR) is 131 cm³/mol. The quantitative estimate of drug-likeness (QED) is 0.328. The van der Waals surface area contributed by atoms with Crippen LogP contribution in [0.15, 0.2) is 42.9 Å². The summed E-state index contributed by atoms with van der Waals surface area (Å²) in [5.41, 5.74) is 13.7. The first-order valence-electron chi connectivity index (χ1n) is 11.1. The van der Waals surface area contributed by atoms with Gasteiger partial charge in [-0.1, -0.05) is 23.7 Å². The van der Waals surface area contributed by atoms with Crippen LogP contribution >= 0.6 is 11.6 Å². The third kappa shape index (κ3) is 3.74. The minimum absolute atomic E-state index is 0.294. The summed E-state index contributed by atoms with van der Waals surface area (Å²) in [5.74, 6) is 0.675. The van der Waals surface area contributed by atoms with Gasteiger partial charge in [0, 0.05) is 24.1 Å². The Hall–Kier alpha value is -2.98. The molecule has 0 saturated heterocycles. The van der Waals surface area contributed by atoms with E-state index < -0.39 is 17.6 Å². The normalized spacial score (nSPS) is 24.9. The van der Waals surface area contributed by atoms with Crippen molar-refractivity contribution in [2.45, 2.75) is 37.5 Å². The van der Waals surface area contributed by atoms with Crippen LogP contribution in [0.5, 0.6) is 0 Å². The van der Waals surface area contributed by atoms with E-state index in [1.807, 2.05) is 35.0 Å². The number of aryl methyl sites for hydroxylation is 1. The maximum atomic E-state index is 11.2. The van der Waals surface area contributed by atoms with Gasteiger partial charge in [0.25, 0.3) is 0 Å². The average molecular weight is 483 g/mol. The molecule has 5 rings (SSSR count). The van der Waals surface area contributed by atoms with Crippen molar-refractivity contribution in [2.75, 3.05) is 25.2 Å². The lowest BCUT2D eigenvalue weighted by atomic mass is 9.79. The summed E-state index contributed by atoms with van der Waals surface area (Å²) in [6, 6.07) is 9.22. The molecule has 9 nitrogen and oxygen atoms in total. The number of nitrogen functional groups attached to an aromatic ring is 2. The highest BCUT2D eigenvalue weighted by Gasteiger charge is 2.53. The van der Waals surface area contributed by atoms with Gasteiger partial charge in [0.1, 0.15) is 29.7 Å². The molecule has 1 aromatic carbocycles. The first-order valence-corrected chi connectivity index (χ1v) is 11.5. The van der Waals surface area contributed by atoms with E-state index in [0.717, 1.165) is 21.9 Å². The number of anilines is 2. The zero-order chi connectivity index (χ0) is 24.0. The number of nitrogens with two attached hydrogens (primary N) is 2. The van der Waals surface area contributed by atoms with Crippen LogP contribution < -0.4 is 11.5 Å². The van der Waals surface area contributed by atoms with Crippen molar-refractivity contribution in [3.63, 3.8) is 0 Å². The molecule has 0 bridgehead atoms. The number of aliphatic hydroxyl groups is 2. The summed E-state index contributed by atoms with van der Waals surface area (Å²) in [7, 11) is 1.61. The molecule has 10 heteroatoms. The van der Waals surface area contributed by atoms with Gasteiger partial charge in [0.2, 0.25) is 0 Å². The van der Waals surface area contributed by atoms with Crippen LogP contribution in [0.4, 0.5) is 11.6 Å². The van der Waals surface area contributed by atoms with E-state index in [1.165, 1.54) is 6.33 Å². The van der Waals surface area contributed by atoms with Gasteiger partial charge < -0.3 is 31.0 Å². The standard InChI is InChI=1S/C24H27ClN6O3/c1-34-11-24(6-4-13-2-3-14-9-16(25)22(27)30-17(14)8-13)10-18(19(32)20(24)33)31-7-5-15-21(26)28-12-29-23(15)31/h2-3,5,7-9,12,18-20,32-33H,4,6,10-11H2,1H3,(H2,27,30)(H2,26,28,29)/t18-,19+,20+,24+/m1/s1. The molecule has 3 heterocycles. The number of halogens is 1. The van der Waals surface area contributed by atoms with E-state index in [4.69, 9.17) is 27.8 Å². The van der Waals surface area contributed by atoms with E-state index in [2.05, 4.69) is 15.0 Å². The zero-order valence-electron chi connectivity index (χ0n) is 18.7. The molecule has 4 aromatic rings. The fourth-order valence-electron chi connectivity index (χ4n) is 5.26. The van der Waals surface area contributed by atoms with Gasteiger partial charge in [-0.3, -0.25) is 0 Å². The number of pyridine rings is 1. The second kappa shape index (κ2) is 8.66. The molecule has 1 fully saturated rings. The van der Waals surface area contributed by atoms with Gasteiger partial charge in [0.05, 0.1) is 34.7 Å². The molecule has 0 aliphatic heterocycles. The maximum Gasteiger partial charge on any atom is 0.145 e. The van der Waals surface area contributed by atoms with Crippen LogP contribution in [0, 0.1) is 5.41 Å². The van der Waals surface area contributed by atoms with Crippen LogP contribution in [0.2, 0.25) is 5.02 Å². The first kappa shape index (κ1) is 22.8. The highest BCUT2D eigenvalue weighted by atomic mass is 35.5. The van der Waals surface area contributed by atoms with Crippen LogP contribution in [0.1, 0.15) is 24.4 Å². The third-order valence-corrected chi connectivity index (χ3v) is 7.37. The van der Waals surface area contributed by atoms with Crippen LogP contribution in [0.25, 0.3) is 21.9 Å². The van der Waals surface area contributed by atoms with E-state index >= 15 is 0 Å². The number of hydrogen-bond acceptors (Lipinski definition) is 8. The lowest BCUT2D eigenvalue weighted by Crippen LogP contribution is -2.40. The molecule has 34 heavy (non-hydrogen) atoms. The van der Waals surface area contributed by atoms with Crippen molar-refractivity contribution in [1.82, 2.24) is 19.5 Å². The van der Waals surface area contributed by atoms with E-state index in [9.17, 15) is 10.2 Å². The van der Waals surface area contributed by atoms with Gasteiger partial charge in [-0.05, 0) is 43.0 Å². The highest BCUT2D eigenvalue weighted by Crippen LogP contribution is 2.48. The number of rotatable bonds is 6. The smallest absolute Gasteiger partial charge is 0.145 e. The molecule has 0 unspecified atom stereocenters. The van der Waals surface area contributed by atoms with Crippen molar-refractivity contribution in [3.05, 3.63) is 53.4 Å². The molecule has 6 N–H and O–H groups in total. The Morgan fingerprint density at radius 2 is 2.00 bits per heavy atom. The molecular weight excluding hydrogens is 456 g/mol. The zero-order valence-corrected chi connectivity index (χ0v) is 19.5. The Labute approximate surface area is 201 Å². The Kier molecular flexibility index (Phi) is 5.81. The third-order valence-electron chi connectivity index (χ3n) is 7.06. The molecule has 0 radical (unpaired) electrons. The van der Waals surface area contributed by atoms with Crippen molar-refractivity contribution < 1.29 is 14.9 Å². The summed E-state index contributed by atoms with van der Waals surface area (Å²) >= 11 is 6.09.